The number of nitrogens with zero attached hydrogens (tertiary/aromatic N) is 3. The zero-order chi connectivity index (χ0) is 16.7. The number of nitriles is 1. The van der Waals surface area contributed by atoms with Crippen LogP contribution in [0.25, 0.3) is 0 Å². The maximum atomic E-state index is 12.1. The molecule has 0 aromatic rings. The van der Waals surface area contributed by atoms with E-state index in [0.29, 0.717) is 32.8 Å². The van der Waals surface area contributed by atoms with Crippen LogP contribution in [0.3, 0.4) is 0 Å². The van der Waals surface area contributed by atoms with Crippen LogP contribution in [0, 0.1) is 11.3 Å². The van der Waals surface area contributed by atoms with Gasteiger partial charge in [-0.15, -0.1) is 0 Å². The summed E-state index contributed by atoms with van der Waals surface area (Å²) >= 11 is 0. The lowest BCUT2D eigenvalue weighted by atomic mass is 10.2. The Balaban J connectivity index is 1.86. The van der Waals surface area contributed by atoms with Gasteiger partial charge in [0.25, 0.3) is 5.91 Å². The summed E-state index contributed by atoms with van der Waals surface area (Å²) in [6.07, 6.45) is 5.53. The second-order valence-corrected chi connectivity index (χ2v) is 5.83. The lowest BCUT2D eigenvalue weighted by Crippen LogP contribution is -2.47. The van der Waals surface area contributed by atoms with Crippen LogP contribution in [-0.4, -0.2) is 60.6 Å². The molecule has 1 aliphatic carbocycles. The van der Waals surface area contributed by atoms with E-state index < -0.39 is 0 Å². The fourth-order valence-corrected chi connectivity index (χ4v) is 2.90. The molecule has 7 nitrogen and oxygen atoms in total. The molecule has 0 bridgehead atoms. The summed E-state index contributed by atoms with van der Waals surface area (Å²) in [6.45, 7) is 4.36. The molecule has 1 N–H and O–H groups in total. The summed E-state index contributed by atoms with van der Waals surface area (Å²) in [5.41, 5.74) is 0.126. The van der Waals surface area contributed by atoms with Gasteiger partial charge in [0.1, 0.15) is 11.6 Å². The van der Waals surface area contributed by atoms with Gasteiger partial charge >= 0.3 is 6.09 Å². The van der Waals surface area contributed by atoms with Gasteiger partial charge < -0.3 is 19.9 Å². The second kappa shape index (κ2) is 8.42. The summed E-state index contributed by atoms with van der Waals surface area (Å²) in [7, 11) is 0. The molecule has 126 valence electrons. The van der Waals surface area contributed by atoms with Gasteiger partial charge in [0.2, 0.25) is 0 Å². The highest BCUT2D eigenvalue weighted by Crippen LogP contribution is 2.18. The highest BCUT2D eigenvalue weighted by Gasteiger charge is 2.23. The van der Waals surface area contributed by atoms with E-state index in [1.807, 2.05) is 11.0 Å². The monoisotopic (exact) mass is 320 g/mol. The normalized spacial score (nSPS) is 19.4. The van der Waals surface area contributed by atoms with E-state index in [-0.39, 0.29) is 23.6 Å². The zero-order valence-corrected chi connectivity index (χ0v) is 13.6. The highest BCUT2D eigenvalue weighted by molar-refractivity contribution is 5.97. The largest absolute Gasteiger partial charge is 0.450 e. The van der Waals surface area contributed by atoms with Crippen molar-refractivity contribution < 1.29 is 14.3 Å². The van der Waals surface area contributed by atoms with E-state index in [1.54, 1.807) is 18.0 Å². The average Bonchev–Trinajstić information content (AvgIpc) is 3.06. The minimum absolute atomic E-state index is 0.126. The van der Waals surface area contributed by atoms with Crippen molar-refractivity contribution in [2.24, 2.45) is 0 Å². The van der Waals surface area contributed by atoms with Crippen LogP contribution < -0.4 is 5.32 Å². The van der Waals surface area contributed by atoms with Gasteiger partial charge in [-0.2, -0.15) is 5.26 Å². The van der Waals surface area contributed by atoms with Crippen molar-refractivity contribution in [2.45, 2.75) is 38.6 Å². The molecule has 7 heteroatoms. The number of amides is 2. The Morgan fingerprint density at radius 3 is 2.48 bits per heavy atom. The van der Waals surface area contributed by atoms with Crippen molar-refractivity contribution in [2.75, 3.05) is 32.8 Å². The molecule has 1 heterocycles. The van der Waals surface area contributed by atoms with Gasteiger partial charge in [0.15, 0.2) is 0 Å². The minimum Gasteiger partial charge on any atom is -0.450 e. The van der Waals surface area contributed by atoms with Gasteiger partial charge in [-0.05, 0) is 19.8 Å². The molecular formula is C16H24N4O3. The number of hydrogen-bond acceptors (Lipinski definition) is 5. The topological polar surface area (TPSA) is 85.7 Å². The summed E-state index contributed by atoms with van der Waals surface area (Å²) in [4.78, 5) is 27.3. The van der Waals surface area contributed by atoms with Crippen LogP contribution in [0.15, 0.2) is 11.8 Å². The molecule has 1 aliphatic heterocycles. The van der Waals surface area contributed by atoms with E-state index in [1.165, 1.54) is 0 Å². The van der Waals surface area contributed by atoms with Crippen molar-refractivity contribution in [3.63, 3.8) is 0 Å². The third-order valence-electron chi connectivity index (χ3n) is 4.21. The van der Waals surface area contributed by atoms with Crippen LogP contribution in [0.1, 0.15) is 32.6 Å². The van der Waals surface area contributed by atoms with Gasteiger partial charge in [-0.25, -0.2) is 4.79 Å². The van der Waals surface area contributed by atoms with Gasteiger partial charge in [-0.3, -0.25) is 4.79 Å². The van der Waals surface area contributed by atoms with Crippen LogP contribution in [0.5, 0.6) is 0 Å². The Bertz CT molecular complexity index is 498. The Morgan fingerprint density at radius 2 is 1.91 bits per heavy atom. The molecule has 0 unspecified atom stereocenters. The van der Waals surface area contributed by atoms with Gasteiger partial charge in [0, 0.05) is 38.4 Å². The molecule has 2 amide bonds. The molecule has 0 spiro atoms. The molecule has 0 atom stereocenters. The first kappa shape index (κ1) is 17.1. The Hall–Kier alpha value is -2.23. The quantitative estimate of drug-likeness (QED) is 0.622. The standard InChI is InChI=1S/C16H24N4O3/c1-2-23-16(22)20-9-7-19(8-10-20)12-13(11-17)15(21)18-14-5-3-4-6-14/h12,14H,2-10H2,1H3,(H,18,21)/b13-12-. The molecule has 1 saturated carbocycles. The van der Waals surface area contributed by atoms with Crippen molar-refractivity contribution in [3.8, 4) is 6.07 Å². The summed E-state index contributed by atoms with van der Waals surface area (Å²) in [5.74, 6) is -0.299. The van der Waals surface area contributed by atoms with Gasteiger partial charge in [0.05, 0.1) is 6.61 Å². The maximum absolute atomic E-state index is 12.1. The number of rotatable bonds is 4. The highest BCUT2D eigenvalue weighted by atomic mass is 16.6. The number of hydrogen-bond donors (Lipinski definition) is 1. The average molecular weight is 320 g/mol. The molecule has 0 radical (unpaired) electrons. The molecule has 2 rings (SSSR count). The van der Waals surface area contributed by atoms with Crippen LogP contribution >= 0.6 is 0 Å². The lowest BCUT2D eigenvalue weighted by Gasteiger charge is -2.33. The van der Waals surface area contributed by atoms with Crippen molar-refractivity contribution in [1.29, 1.82) is 5.26 Å². The number of ether oxygens (including phenoxy) is 1. The fraction of sp³-hybridized carbons (Fsp3) is 0.688. The lowest BCUT2D eigenvalue weighted by molar-refractivity contribution is -0.117. The van der Waals surface area contributed by atoms with Crippen molar-refractivity contribution >= 4 is 12.0 Å². The SMILES string of the molecule is CCOC(=O)N1CCN(/C=C(/C#N)C(=O)NC2CCCC2)CC1. The molecule has 2 aliphatic rings. The third-order valence-corrected chi connectivity index (χ3v) is 4.21. The molecule has 0 aromatic heterocycles. The molecule has 1 saturated heterocycles. The number of carbonyl (C=O) groups excluding carboxylic acids is 2. The molecule has 23 heavy (non-hydrogen) atoms. The van der Waals surface area contributed by atoms with E-state index >= 15 is 0 Å². The first-order valence-electron chi connectivity index (χ1n) is 8.22. The maximum Gasteiger partial charge on any atom is 0.409 e. The Labute approximate surface area is 136 Å². The number of piperazine rings is 1. The van der Waals surface area contributed by atoms with E-state index in [9.17, 15) is 14.9 Å². The predicted molar refractivity (Wildman–Crippen MR) is 84.3 cm³/mol. The van der Waals surface area contributed by atoms with E-state index in [2.05, 4.69) is 5.32 Å². The predicted octanol–water partition coefficient (Wildman–Crippen LogP) is 1.23. The van der Waals surface area contributed by atoms with Crippen LogP contribution in [-0.2, 0) is 9.53 Å². The molecule has 0 aromatic carbocycles. The Morgan fingerprint density at radius 1 is 1.26 bits per heavy atom. The summed E-state index contributed by atoms with van der Waals surface area (Å²) in [5, 5.41) is 12.1. The summed E-state index contributed by atoms with van der Waals surface area (Å²) < 4.78 is 4.97. The van der Waals surface area contributed by atoms with E-state index in [4.69, 9.17) is 4.74 Å². The first-order valence-corrected chi connectivity index (χ1v) is 8.22. The third kappa shape index (κ3) is 4.88. The second-order valence-electron chi connectivity index (χ2n) is 5.83. The van der Waals surface area contributed by atoms with Gasteiger partial charge in [-0.1, -0.05) is 12.8 Å². The molecular weight excluding hydrogens is 296 g/mol. The van der Waals surface area contributed by atoms with Crippen molar-refractivity contribution in [3.05, 3.63) is 11.8 Å². The minimum atomic E-state index is -0.310. The smallest absolute Gasteiger partial charge is 0.409 e. The van der Waals surface area contributed by atoms with Crippen molar-refractivity contribution in [1.82, 2.24) is 15.1 Å². The number of nitrogens with one attached hydrogen (secondary N) is 1. The summed E-state index contributed by atoms with van der Waals surface area (Å²) in [6, 6.07) is 2.17. The Kier molecular flexibility index (Phi) is 6.27. The van der Waals surface area contributed by atoms with Crippen LogP contribution in [0.2, 0.25) is 0 Å². The molecule has 2 fully saturated rings. The van der Waals surface area contributed by atoms with Crippen LogP contribution in [0.4, 0.5) is 4.79 Å². The van der Waals surface area contributed by atoms with E-state index in [0.717, 1.165) is 25.7 Å². The fourth-order valence-electron chi connectivity index (χ4n) is 2.90. The number of carbonyl (C=O) groups is 2. The zero-order valence-electron chi connectivity index (χ0n) is 13.6. The first-order chi connectivity index (χ1) is 11.1.